The maximum absolute atomic E-state index is 13.4. The molecule has 21 heavy (non-hydrogen) atoms. The van der Waals surface area contributed by atoms with Crippen LogP contribution in [0.1, 0.15) is 11.6 Å². The number of thioether (sulfide) groups is 1. The Morgan fingerprint density at radius 3 is 2.52 bits per heavy atom. The molecule has 0 radical (unpaired) electrons. The minimum absolute atomic E-state index is 0.0968. The van der Waals surface area contributed by atoms with Gasteiger partial charge in [0.1, 0.15) is 17.0 Å². The number of sulfone groups is 1. The van der Waals surface area contributed by atoms with Gasteiger partial charge in [0, 0.05) is 43.0 Å². The van der Waals surface area contributed by atoms with Crippen LogP contribution in [-0.4, -0.2) is 49.5 Å². The highest BCUT2D eigenvalue weighted by Crippen LogP contribution is 2.30. The van der Waals surface area contributed by atoms with Crippen molar-refractivity contribution in [3.63, 3.8) is 0 Å². The molecule has 1 aliphatic rings. The minimum Gasteiger partial charge on any atom is -0.329 e. The molecule has 0 amide bonds. The van der Waals surface area contributed by atoms with Crippen LogP contribution in [0.4, 0.5) is 8.78 Å². The van der Waals surface area contributed by atoms with Gasteiger partial charge in [-0.05, 0) is 17.7 Å². The van der Waals surface area contributed by atoms with Crippen molar-refractivity contribution >= 4 is 21.6 Å². The van der Waals surface area contributed by atoms with Crippen molar-refractivity contribution in [1.29, 1.82) is 0 Å². The van der Waals surface area contributed by atoms with Gasteiger partial charge in [0.15, 0.2) is 9.84 Å². The van der Waals surface area contributed by atoms with Gasteiger partial charge < -0.3 is 5.73 Å². The molecule has 2 unspecified atom stereocenters. The fourth-order valence-electron chi connectivity index (χ4n) is 2.55. The first-order valence-corrected chi connectivity index (χ1v) is 9.62. The summed E-state index contributed by atoms with van der Waals surface area (Å²) in [7, 11) is -3.30. The zero-order valence-electron chi connectivity index (χ0n) is 11.6. The van der Waals surface area contributed by atoms with Gasteiger partial charge in [-0.25, -0.2) is 17.2 Å². The van der Waals surface area contributed by atoms with Gasteiger partial charge in [-0.15, -0.1) is 0 Å². The van der Waals surface area contributed by atoms with E-state index in [9.17, 15) is 17.2 Å². The van der Waals surface area contributed by atoms with E-state index in [1.165, 1.54) is 18.4 Å². The van der Waals surface area contributed by atoms with Crippen LogP contribution in [0, 0.1) is 11.6 Å². The second-order valence-corrected chi connectivity index (χ2v) is 8.40. The summed E-state index contributed by atoms with van der Waals surface area (Å²) in [5.74, 6) is -0.176. The number of rotatable bonds is 4. The molecular formula is C13H18F2N2O2S2. The number of hydrogen-bond acceptors (Lipinski definition) is 5. The molecule has 0 aromatic heterocycles. The second kappa shape index (κ2) is 6.60. The van der Waals surface area contributed by atoms with Gasteiger partial charge in [0.05, 0.1) is 0 Å². The highest BCUT2D eigenvalue weighted by molar-refractivity contribution is 8.00. The smallest absolute Gasteiger partial charge is 0.164 e. The van der Waals surface area contributed by atoms with Crippen molar-refractivity contribution < 1.29 is 17.2 Å². The summed E-state index contributed by atoms with van der Waals surface area (Å²) >= 11 is 1.55. The average Bonchev–Trinajstić information content (AvgIpc) is 2.38. The molecule has 1 aromatic rings. The first-order chi connectivity index (χ1) is 9.82. The Balaban J connectivity index is 2.38. The molecule has 0 bridgehead atoms. The minimum atomic E-state index is -3.30. The summed E-state index contributed by atoms with van der Waals surface area (Å²) in [4.78, 5) is 1.74. The number of hydrogen-bond donors (Lipinski definition) is 1. The van der Waals surface area contributed by atoms with Crippen LogP contribution >= 0.6 is 11.8 Å². The standard InChI is InChI=1S/C13H18F2N2O2S2/c1-21(18,19)13-8-20-3-2-17(13)12(7-16)9-4-10(14)6-11(15)5-9/h4-6,12-13H,2-3,7-8,16H2,1H3. The van der Waals surface area contributed by atoms with Crippen molar-refractivity contribution in [2.75, 3.05) is 30.9 Å². The first-order valence-electron chi connectivity index (χ1n) is 6.51. The summed E-state index contributed by atoms with van der Waals surface area (Å²) in [5.41, 5.74) is 6.12. The Labute approximate surface area is 127 Å². The number of benzene rings is 1. The van der Waals surface area contributed by atoms with Crippen molar-refractivity contribution in [3.05, 3.63) is 35.4 Å². The molecule has 0 aliphatic carbocycles. The van der Waals surface area contributed by atoms with Crippen molar-refractivity contribution in [2.45, 2.75) is 11.4 Å². The third-order valence-corrected chi connectivity index (χ3v) is 6.17. The van der Waals surface area contributed by atoms with Crippen molar-refractivity contribution in [1.82, 2.24) is 4.90 Å². The van der Waals surface area contributed by atoms with Gasteiger partial charge in [-0.2, -0.15) is 11.8 Å². The molecule has 2 rings (SSSR count). The highest BCUT2D eigenvalue weighted by atomic mass is 32.2. The lowest BCUT2D eigenvalue weighted by Gasteiger charge is -2.39. The Hall–Kier alpha value is -0.700. The summed E-state index contributed by atoms with van der Waals surface area (Å²) in [6.07, 6.45) is 1.18. The zero-order valence-corrected chi connectivity index (χ0v) is 13.3. The van der Waals surface area contributed by atoms with Gasteiger partial charge in [-0.1, -0.05) is 0 Å². The quantitative estimate of drug-likeness (QED) is 0.900. The van der Waals surface area contributed by atoms with Gasteiger partial charge in [0.25, 0.3) is 0 Å². The number of halogens is 2. The maximum Gasteiger partial charge on any atom is 0.164 e. The van der Waals surface area contributed by atoms with E-state index in [1.807, 2.05) is 0 Å². The van der Waals surface area contributed by atoms with Crippen LogP contribution in [0.5, 0.6) is 0 Å². The predicted octanol–water partition coefficient (Wildman–Crippen LogP) is 1.38. The van der Waals surface area contributed by atoms with E-state index >= 15 is 0 Å². The Morgan fingerprint density at radius 1 is 1.38 bits per heavy atom. The third-order valence-electron chi connectivity index (χ3n) is 3.51. The van der Waals surface area contributed by atoms with Crippen LogP contribution < -0.4 is 5.73 Å². The maximum atomic E-state index is 13.4. The molecule has 1 saturated heterocycles. The Kier molecular flexibility index (Phi) is 5.24. The van der Waals surface area contributed by atoms with Crippen molar-refractivity contribution in [2.24, 2.45) is 5.73 Å². The van der Waals surface area contributed by atoms with Crippen LogP contribution in [0.25, 0.3) is 0 Å². The molecule has 0 saturated carbocycles. The molecule has 118 valence electrons. The summed E-state index contributed by atoms with van der Waals surface area (Å²) in [5, 5.41) is -0.684. The lowest BCUT2D eigenvalue weighted by atomic mass is 10.0. The molecule has 1 aliphatic heterocycles. The fraction of sp³-hybridized carbons (Fsp3) is 0.538. The molecule has 1 heterocycles. The molecule has 1 aromatic carbocycles. The van der Waals surface area contributed by atoms with Crippen LogP contribution in [0.3, 0.4) is 0 Å². The Bertz CT molecular complexity index is 590. The third kappa shape index (κ3) is 3.94. The summed E-state index contributed by atoms with van der Waals surface area (Å²) in [6.45, 7) is 0.613. The molecule has 1 fully saturated rings. The SMILES string of the molecule is CS(=O)(=O)C1CSCCN1C(CN)c1cc(F)cc(F)c1. The molecular weight excluding hydrogens is 318 g/mol. The molecule has 2 N–H and O–H groups in total. The molecule has 0 spiro atoms. The van der Waals surface area contributed by atoms with Gasteiger partial charge in [-0.3, -0.25) is 4.90 Å². The normalized spacial score (nSPS) is 22.2. The lowest BCUT2D eigenvalue weighted by molar-refractivity contribution is 0.197. The topological polar surface area (TPSA) is 63.4 Å². The first kappa shape index (κ1) is 16.7. The largest absolute Gasteiger partial charge is 0.329 e. The number of nitrogens with two attached hydrogens (primary N) is 1. The summed E-state index contributed by atoms with van der Waals surface area (Å²) < 4.78 is 50.7. The van der Waals surface area contributed by atoms with E-state index in [2.05, 4.69) is 0 Å². The van der Waals surface area contributed by atoms with E-state index in [1.54, 1.807) is 16.7 Å². The molecule has 2 atom stereocenters. The van der Waals surface area contributed by atoms with Gasteiger partial charge in [0.2, 0.25) is 0 Å². The van der Waals surface area contributed by atoms with Crippen LogP contribution in [0.2, 0.25) is 0 Å². The van der Waals surface area contributed by atoms with E-state index in [0.29, 0.717) is 17.9 Å². The van der Waals surface area contributed by atoms with Crippen LogP contribution in [0.15, 0.2) is 18.2 Å². The summed E-state index contributed by atoms with van der Waals surface area (Å²) in [6, 6.07) is 2.69. The fourth-order valence-corrected chi connectivity index (χ4v) is 5.47. The lowest BCUT2D eigenvalue weighted by Crippen LogP contribution is -2.50. The zero-order chi connectivity index (χ0) is 15.6. The number of nitrogens with zero attached hydrogens (tertiary/aromatic N) is 1. The molecule has 8 heteroatoms. The highest BCUT2D eigenvalue weighted by Gasteiger charge is 2.35. The Morgan fingerprint density at radius 2 is 2.00 bits per heavy atom. The monoisotopic (exact) mass is 336 g/mol. The average molecular weight is 336 g/mol. The van der Waals surface area contributed by atoms with E-state index in [4.69, 9.17) is 5.73 Å². The van der Waals surface area contributed by atoms with E-state index in [-0.39, 0.29) is 6.54 Å². The van der Waals surface area contributed by atoms with E-state index < -0.39 is 32.9 Å². The van der Waals surface area contributed by atoms with Crippen molar-refractivity contribution in [3.8, 4) is 0 Å². The van der Waals surface area contributed by atoms with E-state index in [0.717, 1.165) is 11.8 Å². The van der Waals surface area contributed by atoms with Gasteiger partial charge >= 0.3 is 0 Å². The molecule has 4 nitrogen and oxygen atoms in total. The van der Waals surface area contributed by atoms with Crippen LogP contribution in [-0.2, 0) is 9.84 Å². The second-order valence-electron chi connectivity index (χ2n) is 5.05. The predicted molar refractivity (Wildman–Crippen MR) is 80.8 cm³/mol.